The Morgan fingerprint density at radius 2 is 1.83 bits per heavy atom. The van der Waals surface area contributed by atoms with Crippen LogP contribution in [0.2, 0.25) is 0 Å². The average Bonchev–Trinajstić information content (AvgIpc) is 2.83. The Morgan fingerprint density at radius 1 is 1.11 bits per heavy atom. The van der Waals surface area contributed by atoms with E-state index in [1.54, 1.807) is 0 Å². The predicted octanol–water partition coefficient (Wildman–Crippen LogP) is 4.78. The molecule has 18 heavy (non-hydrogen) atoms. The van der Waals surface area contributed by atoms with Crippen LogP contribution >= 0.6 is 11.3 Å². The van der Waals surface area contributed by atoms with Crippen LogP contribution in [0.3, 0.4) is 0 Å². The first kappa shape index (κ1) is 13.3. The van der Waals surface area contributed by atoms with Gasteiger partial charge in [0.25, 0.3) is 0 Å². The highest BCUT2D eigenvalue weighted by molar-refractivity contribution is 7.10. The molecule has 0 saturated carbocycles. The minimum Gasteiger partial charge on any atom is -0.310 e. The summed E-state index contributed by atoms with van der Waals surface area (Å²) in [5.74, 6) is 0. The van der Waals surface area contributed by atoms with Gasteiger partial charge in [-0.05, 0) is 48.0 Å². The number of nitrogens with one attached hydrogen (secondary N) is 1. The molecule has 2 rings (SSSR count). The van der Waals surface area contributed by atoms with Crippen LogP contribution in [-0.4, -0.2) is 6.54 Å². The predicted molar refractivity (Wildman–Crippen MR) is 81.2 cm³/mol. The number of aryl methyl sites for hydroxylation is 1. The van der Waals surface area contributed by atoms with Gasteiger partial charge in [0.05, 0.1) is 0 Å². The maximum Gasteiger partial charge on any atom is 0.0317 e. The molecule has 0 aliphatic rings. The van der Waals surface area contributed by atoms with Crippen LogP contribution in [0.15, 0.2) is 35.7 Å². The fraction of sp³-hybridized carbons (Fsp3) is 0.375. The van der Waals surface area contributed by atoms with Crippen molar-refractivity contribution in [2.45, 2.75) is 33.2 Å². The zero-order chi connectivity index (χ0) is 13.0. The third-order valence-corrected chi connectivity index (χ3v) is 4.10. The van der Waals surface area contributed by atoms with Gasteiger partial charge >= 0.3 is 0 Å². The summed E-state index contributed by atoms with van der Waals surface area (Å²) in [7, 11) is 0. The second kappa shape index (κ2) is 6.17. The topological polar surface area (TPSA) is 12.0 Å². The molecule has 0 amide bonds. The van der Waals surface area contributed by atoms with Crippen molar-refractivity contribution in [3.05, 3.63) is 46.2 Å². The Balaban J connectivity index is 2.19. The summed E-state index contributed by atoms with van der Waals surface area (Å²) in [6, 6.07) is 11.7. The molecule has 0 radical (unpaired) electrons. The number of hydrogen-bond acceptors (Lipinski definition) is 2. The van der Waals surface area contributed by atoms with E-state index in [1.165, 1.54) is 21.6 Å². The summed E-state index contributed by atoms with van der Waals surface area (Å²) < 4.78 is 0. The Bertz CT molecular complexity index is 484. The van der Waals surface area contributed by atoms with Crippen molar-refractivity contribution in [3.8, 4) is 11.1 Å². The molecule has 1 aromatic heterocycles. The molecular weight excluding hydrogens is 238 g/mol. The van der Waals surface area contributed by atoms with Crippen LogP contribution in [-0.2, 0) is 0 Å². The fourth-order valence-electron chi connectivity index (χ4n) is 2.25. The molecule has 2 heteroatoms. The van der Waals surface area contributed by atoms with Gasteiger partial charge < -0.3 is 5.32 Å². The Kier molecular flexibility index (Phi) is 4.56. The lowest BCUT2D eigenvalue weighted by atomic mass is 10.0. The molecule has 1 nitrogen and oxygen atoms in total. The molecule has 0 aliphatic heterocycles. The molecule has 0 saturated heterocycles. The highest BCUT2D eigenvalue weighted by atomic mass is 32.1. The summed E-state index contributed by atoms with van der Waals surface area (Å²) in [6.07, 6.45) is 1.13. The first-order valence-corrected chi connectivity index (χ1v) is 7.51. The molecular formula is C16H21NS. The maximum atomic E-state index is 3.51. The summed E-state index contributed by atoms with van der Waals surface area (Å²) in [6.45, 7) is 7.55. The molecule has 0 fully saturated rings. The minimum absolute atomic E-state index is 0.480. The van der Waals surface area contributed by atoms with Crippen LogP contribution in [0.1, 0.15) is 36.8 Å². The zero-order valence-electron chi connectivity index (χ0n) is 11.4. The van der Waals surface area contributed by atoms with E-state index in [1.807, 2.05) is 11.3 Å². The summed E-state index contributed by atoms with van der Waals surface area (Å²) in [5.41, 5.74) is 4.03. The fourth-order valence-corrected chi connectivity index (χ4v) is 2.96. The van der Waals surface area contributed by atoms with Gasteiger partial charge in [0, 0.05) is 10.9 Å². The van der Waals surface area contributed by atoms with E-state index in [4.69, 9.17) is 0 Å². The molecule has 0 spiro atoms. The van der Waals surface area contributed by atoms with E-state index in [0.29, 0.717) is 6.04 Å². The third-order valence-electron chi connectivity index (χ3n) is 3.24. The van der Waals surface area contributed by atoms with Crippen molar-refractivity contribution in [2.75, 3.05) is 6.54 Å². The lowest BCUT2D eigenvalue weighted by Crippen LogP contribution is -2.19. The second-order valence-corrected chi connectivity index (χ2v) is 5.70. The lowest BCUT2D eigenvalue weighted by molar-refractivity contribution is 0.537. The molecule has 2 aromatic rings. The smallest absolute Gasteiger partial charge is 0.0317 e. The van der Waals surface area contributed by atoms with Crippen LogP contribution < -0.4 is 5.32 Å². The van der Waals surface area contributed by atoms with E-state index >= 15 is 0 Å². The number of hydrogen-bond donors (Lipinski definition) is 1. The van der Waals surface area contributed by atoms with Gasteiger partial charge in [-0.2, -0.15) is 0 Å². The Hall–Kier alpha value is -1.12. The molecule has 1 unspecified atom stereocenters. The normalized spacial score (nSPS) is 12.6. The summed E-state index contributed by atoms with van der Waals surface area (Å²) >= 11 is 1.81. The van der Waals surface area contributed by atoms with Gasteiger partial charge in [-0.1, -0.05) is 38.1 Å². The number of thiophene rings is 1. The molecule has 0 aliphatic carbocycles. The van der Waals surface area contributed by atoms with Crippen LogP contribution in [0.5, 0.6) is 0 Å². The maximum absolute atomic E-state index is 3.51. The highest BCUT2D eigenvalue weighted by Gasteiger charge is 2.07. The van der Waals surface area contributed by atoms with Gasteiger partial charge in [0.2, 0.25) is 0 Å². The first-order chi connectivity index (χ1) is 8.74. The van der Waals surface area contributed by atoms with Gasteiger partial charge in [0.1, 0.15) is 0 Å². The van der Waals surface area contributed by atoms with Crippen molar-refractivity contribution >= 4 is 11.3 Å². The lowest BCUT2D eigenvalue weighted by Gasteiger charge is -2.16. The van der Waals surface area contributed by atoms with Crippen molar-refractivity contribution in [1.29, 1.82) is 0 Å². The number of benzene rings is 1. The minimum atomic E-state index is 0.480. The Morgan fingerprint density at radius 3 is 2.33 bits per heavy atom. The first-order valence-electron chi connectivity index (χ1n) is 6.63. The molecule has 1 atom stereocenters. The van der Waals surface area contributed by atoms with Gasteiger partial charge in [-0.15, -0.1) is 11.3 Å². The van der Waals surface area contributed by atoms with Crippen LogP contribution in [0.25, 0.3) is 11.1 Å². The van der Waals surface area contributed by atoms with E-state index in [2.05, 4.69) is 61.8 Å². The van der Waals surface area contributed by atoms with Crippen molar-refractivity contribution in [2.24, 2.45) is 0 Å². The monoisotopic (exact) mass is 259 g/mol. The summed E-state index contributed by atoms with van der Waals surface area (Å²) in [5, 5.41) is 5.74. The Labute approximate surface area is 114 Å². The second-order valence-electron chi connectivity index (χ2n) is 4.59. The molecule has 1 heterocycles. The molecule has 1 aromatic carbocycles. The van der Waals surface area contributed by atoms with E-state index in [-0.39, 0.29) is 0 Å². The average molecular weight is 259 g/mol. The van der Waals surface area contributed by atoms with Crippen molar-refractivity contribution < 1.29 is 0 Å². The molecule has 96 valence electrons. The van der Waals surface area contributed by atoms with Crippen molar-refractivity contribution in [1.82, 2.24) is 5.32 Å². The van der Waals surface area contributed by atoms with Gasteiger partial charge in [0.15, 0.2) is 0 Å². The largest absolute Gasteiger partial charge is 0.310 e. The van der Waals surface area contributed by atoms with E-state index < -0.39 is 0 Å². The molecule has 0 bridgehead atoms. The zero-order valence-corrected chi connectivity index (χ0v) is 12.2. The quantitative estimate of drug-likeness (QED) is 0.814. The van der Waals surface area contributed by atoms with Crippen LogP contribution in [0.4, 0.5) is 0 Å². The third kappa shape index (κ3) is 3.01. The summed E-state index contributed by atoms with van der Waals surface area (Å²) in [4.78, 5) is 1.37. The van der Waals surface area contributed by atoms with Gasteiger partial charge in [-0.3, -0.25) is 0 Å². The van der Waals surface area contributed by atoms with E-state index in [9.17, 15) is 0 Å². The highest BCUT2D eigenvalue weighted by Crippen LogP contribution is 2.27. The standard InChI is InChI=1S/C16H21NS/c1-4-16(17-5-2)14-8-6-13(7-9-14)15-10-12(3)18-11-15/h6-11,16-17H,4-5H2,1-3H3. The van der Waals surface area contributed by atoms with Crippen LogP contribution in [0, 0.1) is 6.92 Å². The van der Waals surface area contributed by atoms with Crippen molar-refractivity contribution in [3.63, 3.8) is 0 Å². The van der Waals surface area contributed by atoms with E-state index in [0.717, 1.165) is 13.0 Å². The molecule has 1 N–H and O–H groups in total. The SMILES string of the molecule is CCNC(CC)c1ccc(-c2csc(C)c2)cc1. The number of rotatable bonds is 5. The van der Waals surface area contributed by atoms with Gasteiger partial charge in [-0.25, -0.2) is 0 Å².